The fraction of sp³-hybridized carbons (Fsp3) is 0.500. The Morgan fingerprint density at radius 3 is 2.42 bits per heavy atom. The third-order valence-electron chi connectivity index (χ3n) is 5.86. The summed E-state index contributed by atoms with van der Waals surface area (Å²) in [6.07, 6.45) is 1.80. The van der Waals surface area contributed by atoms with E-state index < -0.39 is 10.0 Å². The predicted octanol–water partition coefficient (Wildman–Crippen LogP) is 2.38. The highest BCUT2D eigenvalue weighted by Gasteiger charge is 2.27. The molecular formula is C22H29N3O4S2. The van der Waals surface area contributed by atoms with Crippen molar-refractivity contribution in [3.8, 4) is 0 Å². The molecule has 9 heteroatoms. The Morgan fingerprint density at radius 2 is 1.77 bits per heavy atom. The molecule has 2 aromatic rings. The van der Waals surface area contributed by atoms with E-state index >= 15 is 0 Å². The van der Waals surface area contributed by atoms with Crippen LogP contribution in [0.3, 0.4) is 0 Å². The number of nitrogens with zero attached hydrogens (tertiary/aromatic N) is 2. The van der Waals surface area contributed by atoms with E-state index in [0.717, 1.165) is 39.1 Å². The van der Waals surface area contributed by atoms with E-state index in [4.69, 9.17) is 4.74 Å². The molecule has 31 heavy (non-hydrogen) atoms. The molecule has 1 atom stereocenters. The third-order valence-corrected chi connectivity index (χ3v) is 8.75. The van der Waals surface area contributed by atoms with Crippen LogP contribution in [0.25, 0.3) is 0 Å². The third kappa shape index (κ3) is 5.42. The van der Waals surface area contributed by atoms with Gasteiger partial charge >= 0.3 is 0 Å². The number of carbonyl (C=O) groups is 1. The molecule has 0 aliphatic carbocycles. The van der Waals surface area contributed by atoms with Crippen LogP contribution in [0, 0.1) is 0 Å². The van der Waals surface area contributed by atoms with Gasteiger partial charge in [-0.05, 0) is 36.4 Å². The molecule has 2 aliphatic heterocycles. The van der Waals surface area contributed by atoms with Crippen LogP contribution in [0.4, 0.5) is 0 Å². The molecule has 7 nitrogen and oxygen atoms in total. The lowest BCUT2D eigenvalue weighted by Crippen LogP contribution is -2.43. The molecule has 2 fully saturated rings. The van der Waals surface area contributed by atoms with Crippen molar-refractivity contribution in [2.24, 2.45) is 0 Å². The van der Waals surface area contributed by atoms with Crippen molar-refractivity contribution in [3.63, 3.8) is 0 Å². The smallest absolute Gasteiger partial charge is 0.243 e. The number of nitrogens with one attached hydrogen (secondary N) is 1. The summed E-state index contributed by atoms with van der Waals surface area (Å²) in [6.45, 7) is 5.25. The van der Waals surface area contributed by atoms with Crippen LogP contribution in [-0.2, 0) is 14.8 Å². The van der Waals surface area contributed by atoms with Gasteiger partial charge in [0.1, 0.15) is 0 Å². The molecule has 1 aromatic carbocycles. The number of carbonyl (C=O) groups excluding carboxylic acids is 1. The summed E-state index contributed by atoms with van der Waals surface area (Å²) in [7, 11) is -3.46. The minimum absolute atomic E-state index is 0.0444. The molecule has 3 heterocycles. The number of Topliss-reactive ketones (excluding diaryl/α,β-unsaturated/α-hetero) is 1. The molecule has 2 aliphatic rings. The van der Waals surface area contributed by atoms with Crippen molar-refractivity contribution in [1.29, 1.82) is 0 Å². The average Bonchev–Trinajstić information content (AvgIpc) is 3.52. The topological polar surface area (TPSA) is 79.0 Å². The van der Waals surface area contributed by atoms with Crippen molar-refractivity contribution in [2.75, 3.05) is 52.5 Å². The summed E-state index contributed by atoms with van der Waals surface area (Å²) >= 11 is 1.73. The van der Waals surface area contributed by atoms with Crippen LogP contribution in [-0.4, -0.2) is 75.9 Å². The van der Waals surface area contributed by atoms with Crippen LogP contribution in [0.5, 0.6) is 0 Å². The Kier molecular flexibility index (Phi) is 7.52. The molecule has 1 N–H and O–H groups in total. The maximum atomic E-state index is 12.7. The first-order valence-corrected chi connectivity index (χ1v) is 13.1. The maximum absolute atomic E-state index is 12.7. The number of hydrogen-bond donors (Lipinski definition) is 1. The van der Waals surface area contributed by atoms with Crippen LogP contribution in [0.1, 0.15) is 34.1 Å². The molecule has 1 unspecified atom stereocenters. The van der Waals surface area contributed by atoms with Gasteiger partial charge < -0.3 is 10.1 Å². The second-order valence-corrected chi connectivity index (χ2v) is 10.8. The number of thiophene rings is 1. The highest BCUT2D eigenvalue weighted by atomic mass is 32.2. The van der Waals surface area contributed by atoms with E-state index in [1.807, 2.05) is 0 Å². The van der Waals surface area contributed by atoms with E-state index in [1.54, 1.807) is 35.6 Å². The van der Waals surface area contributed by atoms with Gasteiger partial charge in [-0.15, -0.1) is 11.3 Å². The first-order valence-electron chi connectivity index (χ1n) is 10.7. The lowest BCUT2D eigenvalue weighted by molar-refractivity contribution is 0.0169. The fourth-order valence-corrected chi connectivity index (χ4v) is 6.47. The Morgan fingerprint density at radius 1 is 1.06 bits per heavy atom. The Labute approximate surface area is 188 Å². The molecule has 0 spiro atoms. The summed E-state index contributed by atoms with van der Waals surface area (Å²) in [5.74, 6) is -0.0444. The quantitative estimate of drug-likeness (QED) is 0.576. The van der Waals surface area contributed by atoms with Crippen molar-refractivity contribution in [1.82, 2.24) is 14.5 Å². The van der Waals surface area contributed by atoms with Gasteiger partial charge in [0.25, 0.3) is 0 Å². The molecule has 168 valence electrons. The minimum Gasteiger partial charge on any atom is -0.379 e. The van der Waals surface area contributed by atoms with Crippen molar-refractivity contribution in [2.45, 2.75) is 23.8 Å². The van der Waals surface area contributed by atoms with Gasteiger partial charge in [-0.2, -0.15) is 4.31 Å². The molecule has 0 amide bonds. The Hall–Kier alpha value is -1.62. The number of ketones is 1. The monoisotopic (exact) mass is 463 g/mol. The molecule has 0 bridgehead atoms. The number of rotatable bonds is 9. The zero-order valence-corrected chi connectivity index (χ0v) is 19.2. The standard InChI is InChI=1S/C22H29N3O4S2/c26-21(18-5-7-19(8-6-18)31(27,28)25-9-1-2-10-25)17-23-16-20(22-4-3-15-30-22)24-11-13-29-14-12-24/h3-8,15,20,23H,1-2,9-14,16-17H2. The van der Waals surface area contributed by atoms with E-state index in [2.05, 4.69) is 27.7 Å². The van der Waals surface area contributed by atoms with Crippen molar-refractivity contribution < 1.29 is 17.9 Å². The average molecular weight is 464 g/mol. The van der Waals surface area contributed by atoms with Crippen LogP contribution in [0.15, 0.2) is 46.7 Å². The normalized spacial score (nSPS) is 19.5. The molecule has 1 aromatic heterocycles. The van der Waals surface area contributed by atoms with E-state index in [0.29, 0.717) is 25.2 Å². The molecule has 0 radical (unpaired) electrons. The SMILES string of the molecule is O=C(CNCC(c1cccs1)N1CCOCC1)c1ccc(S(=O)(=O)N2CCCC2)cc1. The highest BCUT2D eigenvalue weighted by molar-refractivity contribution is 7.89. The van der Waals surface area contributed by atoms with E-state index in [1.165, 1.54) is 9.18 Å². The number of benzene rings is 1. The number of ether oxygens (including phenoxy) is 1. The predicted molar refractivity (Wildman–Crippen MR) is 121 cm³/mol. The Bertz CT molecular complexity index is 949. The lowest BCUT2D eigenvalue weighted by atomic mass is 10.1. The first kappa shape index (κ1) is 22.6. The van der Waals surface area contributed by atoms with E-state index in [-0.39, 0.29) is 23.3 Å². The largest absolute Gasteiger partial charge is 0.379 e. The van der Waals surface area contributed by atoms with Crippen LogP contribution >= 0.6 is 11.3 Å². The summed E-state index contributed by atoms with van der Waals surface area (Å²) in [5, 5.41) is 5.38. The molecule has 2 saturated heterocycles. The molecule has 0 saturated carbocycles. The number of sulfonamides is 1. The van der Waals surface area contributed by atoms with Gasteiger partial charge in [-0.1, -0.05) is 18.2 Å². The minimum atomic E-state index is -3.46. The van der Waals surface area contributed by atoms with Gasteiger partial charge in [-0.25, -0.2) is 8.42 Å². The van der Waals surface area contributed by atoms with Crippen molar-refractivity contribution >= 4 is 27.1 Å². The molecular weight excluding hydrogens is 434 g/mol. The van der Waals surface area contributed by atoms with Gasteiger partial charge in [0, 0.05) is 43.2 Å². The summed E-state index contributed by atoms with van der Waals surface area (Å²) in [4.78, 5) is 16.6. The summed E-state index contributed by atoms with van der Waals surface area (Å²) in [6, 6.07) is 10.7. The zero-order chi connectivity index (χ0) is 21.7. The fourth-order valence-electron chi connectivity index (χ4n) is 4.09. The maximum Gasteiger partial charge on any atom is 0.243 e. The van der Waals surface area contributed by atoms with Crippen molar-refractivity contribution in [3.05, 3.63) is 52.2 Å². The Balaban J connectivity index is 1.34. The first-order chi connectivity index (χ1) is 15.1. The molecule has 4 rings (SSSR count). The van der Waals surface area contributed by atoms with Gasteiger partial charge in [0.2, 0.25) is 10.0 Å². The van der Waals surface area contributed by atoms with Crippen LogP contribution < -0.4 is 5.32 Å². The van der Waals surface area contributed by atoms with Gasteiger partial charge in [0.15, 0.2) is 5.78 Å². The number of morpholine rings is 1. The van der Waals surface area contributed by atoms with Gasteiger partial charge in [0.05, 0.1) is 30.7 Å². The van der Waals surface area contributed by atoms with Crippen LogP contribution in [0.2, 0.25) is 0 Å². The second-order valence-electron chi connectivity index (χ2n) is 7.87. The zero-order valence-electron chi connectivity index (χ0n) is 17.5. The summed E-state index contributed by atoms with van der Waals surface area (Å²) in [5.41, 5.74) is 0.520. The van der Waals surface area contributed by atoms with Gasteiger partial charge in [-0.3, -0.25) is 9.69 Å². The van der Waals surface area contributed by atoms with E-state index in [9.17, 15) is 13.2 Å². The lowest BCUT2D eigenvalue weighted by Gasteiger charge is -2.34. The number of hydrogen-bond acceptors (Lipinski definition) is 7. The highest BCUT2D eigenvalue weighted by Crippen LogP contribution is 2.25. The summed E-state index contributed by atoms with van der Waals surface area (Å²) < 4.78 is 32.3. The second kappa shape index (κ2) is 10.3.